The first kappa shape index (κ1) is 22.1. The van der Waals surface area contributed by atoms with E-state index in [1.54, 1.807) is 19.2 Å². The predicted octanol–water partition coefficient (Wildman–Crippen LogP) is 2.01. The lowest BCUT2D eigenvalue weighted by Crippen LogP contribution is -2.42. The summed E-state index contributed by atoms with van der Waals surface area (Å²) in [5, 5.41) is 0. The lowest BCUT2D eigenvalue weighted by molar-refractivity contribution is 0.0955. The molecule has 31 heavy (non-hydrogen) atoms. The monoisotopic (exact) mass is 426 g/mol. The Kier molecular flexibility index (Phi) is 7.09. The van der Waals surface area contributed by atoms with Gasteiger partial charge in [-0.25, -0.2) is 4.79 Å². The van der Waals surface area contributed by atoms with Gasteiger partial charge in [-0.1, -0.05) is 37.3 Å². The predicted molar refractivity (Wildman–Crippen MR) is 118 cm³/mol. The second kappa shape index (κ2) is 9.94. The minimum absolute atomic E-state index is 0.0916. The Morgan fingerprint density at radius 2 is 1.94 bits per heavy atom. The molecule has 0 saturated carbocycles. The fraction of sp³-hybridized carbons (Fsp3) is 0.318. The molecule has 3 aromatic rings. The summed E-state index contributed by atoms with van der Waals surface area (Å²) in [7, 11) is 1.55. The summed E-state index contributed by atoms with van der Waals surface area (Å²) in [5.41, 5.74) is 5.62. The Bertz CT molecular complexity index is 1150. The highest BCUT2D eigenvalue weighted by molar-refractivity contribution is 6.05. The Balaban J connectivity index is 2.06. The third-order valence-electron chi connectivity index (χ3n) is 4.86. The van der Waals surface area contributed by atoms with Crippen molar-refractivity contribution >= 4 is 17.4 Å². The van der Waals surface area contributed by atoms with Gasteiger partial charge in [-0.15, -0.1) is 0 Å². The summed E-state index contributed by atoms with van der Waals surface area (Å²) < 4.78 is 11.9. The van der Waals surface area contributed by atoms with Crippen molar-refractivity contribution in [1.29, 1.82) is 0 Å². The summed E-state index contributed by atoms with van der Waals surface area (Å²) >= 11 is 0. The van der Waals surface area contributed by atoms with Crippen LogP contribution in [0.5, 0.6) is 0 Å². The lowest BCUT2D eigenvalue weighted by atomic mass is 10.2. The fourth-order valence-electron chi connectivity index (χ4n) is 3.26. The number of aromatic amines is 1. The van der Waals surface area contributed by atoms with Gasteiger partial charge in [0.15, 0.2) is 11.4 Å². The van der Waals surface area contributed by atoms with E-state index < -0.39 is 17.2 Å². The van der Waals surface area contributed by atoms with Crippen molar-refractivity contribution < 1.29 is 13.9 Å². The van der Waals surface area contributed by atoms with E-state index in [0.29, 0.717) is 25.2 Å². The molecule has 3 N–H and O–H groups in total. The molecule has 0 bridgehead atoms. The van der Waals surface area contributed by atoms with Gasteiger partial charge >= 0.3 is 5.69 Å². The molecule has 0 aliphatic rings. The zero-order chi connectivity index (χ0) is 22.4. The molecule has 2 aromatic heterocycles. The van der Waals surface area contributed by atoms with E-state index in [1.165, 1.54) is 9.47 Å². The molecular weight excluding hydrogens is 400 g/mol. The Labute approximate surface area is 179 Å². The van der Waals surface area contributed by atoms with Gasteiger partial charge in [-0.05, 0) is 24.1 Å². The molecule has 9 nitrogen and oxygen atoms in total. The first-order chi connectivity index (χ1) is 15.0. The number of H-pyrrole nitrogens is 1. The molecule has 0 aliphatic heterocycles. The molecule has 0 atom stereocenters. The molecule has 9 heteroatoms. The molecule has 0 unspecified atom stereocenters. The van der Waals surface area contributed by atoms with Gasteiger partial charge in [-0.3, -0.25) is 24.0 Å². The summed E-state index contributed by atoms with van der Waals surface area (Å²) in [6, 6.07) is 12.5. The number of nitrogen functional groups attached to an aromatic ring is 1. The number of furan rings is 1. The van der Waals surface area contributed by atoms with Crippen LogP contribution >= 0.6 is 0 Å². The number of ether oxygens (including phenoxy) is 1. The molecule has 0 saturated heterocycles. The van der Waals surface area contributed by atoms with Crippen LogP contribution in [0.25, 0.3) is 0 Å². The van der Waals surface area contributed by atoms with E-state index >= 15 is 0 Å². The van der Waals surface area contributed by atoms with E-state index in [9.17, 15) is 14.4 Å². The van der Waals surface area contributed by atoms with E-state index in [2.05, 4.69) is 4.98 Å². The number of carbonyl (C=O) groups excluding carboxylic acids is 1. The summed E-state index contributed by atoms with van der Waals surface area (Å²) in [6.45, 7) is 2.59. The van der Waals surface area contributed by atoms with Crippen molar-refractivity contribution in [3.05, 3.63) is 80.4 Å². The van der Waals surface area contributed by atoms with Crippen LogP contribution in [0.3, 0.4) is 0 Å². The van der Waals surface area contributed by atoms with Gasteiger partial charge in [0.2, 0.25) is 0 Å². The quantitative estimate of drug-likeness (QED) is 0.505. The summed E-state index contributed by atoms with van der Waals surface area (Å²) in [4.78, 5) is 41.9. The maximum atomic E-state index is 13.2. The van der Waals surface area contributed by atoms with E-state index in [1.807, 2.05) is 37.3 Å². The number of methoxy groups -OCH3 is 1. The fourth-order valence-corrected chi connectivity index (χ4v) is 3.26. The topological polar surface area (TPSA) is 124 Å². The lowest BCUT2D eigenvalue weighted by Gasteiger charge is -2.23. The van der Waals surface area contributed by atoms with Gasteiger partial charge < -0.3 is 14.9 Å². The molecule has 1 aromatic carbocycles. The molecule has 3 rings (SSSR count). The highest BCUT2D eigenvalue weighted by Crippen LogP contribution is 2.21. The largest absolute Gasteiger partial charge is 0.456 e. The SMILES string of the molecule is CCc1ccc(C(=O)N(CCCOC)c2c(N)n(Cc3ccccc3)c(=O)[nH]c2=O)o1. The number of anilines is 2. The van der Waals surface area contributed by atoms with Crippen LogP contribution in [0.1, 0.15) is 35.2 Å². The van der Waals surface area contributed by atoms with Crippen molar-refractivity contribution in [2.45, 2.75) is 26.3 Å². The number of nitrogens with two attached hydrogens (primary N) is 1. The summed E-state index contributed by atoms with van der Waals surface area (Å²) in [6.07, 6.45) is 1.09. The molecular formula is C22H26N4O5. The van der Waals surface area contributed by atoms with E-state index in [4.69, 9.17) is 14.9 Å². The average molecular weight is 426 g/mol. The highest BCUT2D eigenvalue weighted by Gasteiger charge is 2.27. The highest BCUT2D eigenvalue weighted by atomic mass is 16.5. The van der Waals surface area contributed by atoms with E-state index in [-0.39, 0.29) is 30.4 Å². The zero-order valence-corrected chi connectivity index (χ0v) is 17.6. The van der Waals surface area contributed by atoms with Gasteiger partial charge in [0.05, 0.1) is 6.54 Å². The zero-order valence-electron chi connectivity index (χ0n) is 17.6. The number of aryl methyl sites for hydroxylation is 1. The molecule has 0 fully saturated rings. The van der Waals surface area contributed by atoms with Gasteiger partial charge in [0.1, 0.15) is 11.6 Å². The van der Waals surface area contributed by atoms with Crippen LogP contribution in [0.15, 0.2) is 56.5 Å². The smallest absolute Gasteiger partial charge is 0.330 e. The second-order valence-electron chi connectivity index (χ2n) is 6.99. The second-order valence-corrected chi connectivity index (χ2v) is 6.99. The van der Waals surface area contributed by atoms with Crippen LogP contribution in [0.2, 0.25) is 0 Å². The number of aromatic nitrogens is 2. The van der Waals surface area contributed by atoms with Gasteiger partial charge in [-0.2, -0.15) is 0 Å². The van der Waals surface area contributed by atoms with Crippen LogP contribution in [-0.4, -0.2) is 35.7 Å². The summed E-state index contributed by atoms with van der Waals surface area (Å²) in [5.74, 6) is 0.133. The maximum Gasteiger partial charge on any atom is 0.330 e. The number of hydrogen-bond donors (Lipinski definition) is 2. The Hall–Kier alpha value is -3.59. The minimum atomic E-state index is -0.736. The molecule has 0 aliphatic carbocycles. The number of carbonyl (C=O) groups is 1. The van der Waals surface area contributed by atoms with Crippen LogP contribution < -0.4 is 21.9 Å². The van der Waals surface area contributed by atoms with Crippen LogP contribution in [-0.2, 0) is 17.7 Å². The number of nitrogens with zero attached hydrogens (tertiary/aromatic N) is 2. The molecule has 164 valence electrons. The van der Waals surface area contributed by atoms with Crippen LogP contribution in [0.4, 0.5) is 11.5 Å². The first-order valence-electron chi connectivity index (χ1n) is 10.0. The van der Waals surface area contributed by atoms with Crippen molar-refractivity contribution in [2.75, 3.05) is 30.9 Å². The number of nitrogens with one attached hydrogen (secondary N) is 1. The van der Waals surface area contributed by atoms with Crippen LogP contribution in [0, 0.1) is 0 Å². The van der Waals surface area contributed by atoms with Crippen molar-refractivity contribution in [3.63, 3.8) is 0 Å². The standard InChI is InChI=1S/C22H26N4O5/c1-3-16-10-11-17(31-16)21(28)25(12-7-13-30-2)18-19(23)26(22(29)24-20(18)27)14-15-8-5-4-6-9-15/h4-6,8-11H,3,7,12-14,23H2,1-2H3,(H,24,27,29). The van der Waals surface area contributed by atoms with Gasteiger partial charge in [0, 0.05) is 26.7 Å². The number of benzene rings is 1. The first-order valence-corrected chi connectivity index (χ1v) is 10.0. The number of amides is 1. The Morgan fingerprint density at radius 3 is 2.58 bits per heavy atom. The van der Waals surface area contributed by atoms with Crippen molar-refractivity contribution in [2.24, 2.45) is 0 Å². The number of hydrogen-bond acceptors (Lipinski definition) is 6. The molecule has 0 spiro atoms. The normalized spacial score (nSPS) is 10.9. The van der Waals surface area contributed by atoms with Gasteiger partial charge in [0.25, 0.3) is 11.5 Å². The minimum Gasteiger partial charge on any atom is -0.456 e. The molecule has 2 heterocycles. The third kappa shape index (κ3) is 4.95. The average Bonchev–Trinajstić information content (AvgIpc) is 3.25. The van der Waals surface area contributed by atoms with Crippen molar-refractivity contribution in [3.8, 4) is 0 Å². The Morgan fingerprint density at radius 1 is 1.19 bits per heavy atom. The third-order valence-corrected chi connectivity index (χ3v) is 4.86. The van der Waals surface area contributed by atoms with Crippen molar-refractivity contribution in [1.82, 2.24) is 9.55 Å². The number of rotatable bonds is 9. The van der Waals surface area contributed by atoms with E-state index in [0.717, 1.165) is 5.56 Å². The molecule has 0 radical (unpaired) electrons. The maximum absolute atomic E-state index is 13.2. The molecule has 1 amide bonds.